The lowest BCUT2D eigenvalue weighted by Gasteiger charge is -2.26. The molecule has 4 heterocycles. The van der Waals surface area contributed by atoms with Gasteiger partial charge in [0.15, 0.2) is 5.76 Å². The molecule has 1 aromatic carbocycles. The molecule has 0 aliphatic carbocycles. The summed E-state index contributed by atoms with van der Waals surface area (Å²) >= 11 is 0. The Kier molecular flexibility index (Phi) is 4.19. The summed E-state index contributed by atoms with van der Waals surface area (Å²) in [6, 6.07) is 9.61. The fourth-order valence-corrected chi connectivity index (χ4v) is 3.30. The van der Waals surface area contributed by atoms with Gasteiger partial charge >= 0.3 is 0 Å². The molecule has 1 aliphatic heterocycles. The molecule has 0 bridgehead atoms. The van der Waals surface area contributed by atoms with Crippen molar-refractivity contribution in [2.45, 2.75) is 6.54 Å². The number of hydrogen-bond acceptors (Lipinski definition) is 7. The van der Waals surface area contributed by atoms with Crippen molar-refractivity contribution in [2.75, 3.05) is 32.8 Å². The quantitative estimate of drug-likeness (QED) is 0.538. The normalized spacial score (nSPS) is 15.6. The van der Waals surface area contributed by atoms with Crippen LogP contribution in [0.15, 0.2) is 51.9 Å². The standard InChI is InChI=1S/C19H19N5O3/c1-2-17(26-9-1)19-21-18(22-27-19)14-3-4-16-15(12-14)20-13-24(16)6-5-23-7-10-25-11-8-23/h1-4,9,12-13H,5-8,10-11H2. The minimum atomic E-state index is 0.367. The Bertz CT molecular complexity index is 1030. The number of furan rings is 1. The molecule has 0 amide bonds. The van der Waals surface area contributed by atoms with Crippen molar-refractivity contribution in [3.05, 3.63) is 42.9 Å². The van der Waals surface area contributed by atoms with Gasteiger partial charge in [0.1, 0.15) is 0 Å². The van der Waals surface area contributed by atoms with Crippen molar-refractivity contribution in [3.63, 3.8) is 0 Å². The van der Waals surface area contributed by atoms with Gasteiger partial charge in [-0.2, -0.15) is 4.98 Å². The number of aromatic nitrogens is 4. The third-order valence-corrected chi connectivity index (χ3v) is 4.80. The Morgan fingerprint density at radius 2 is 2.00 bits per heavy atom. The van der Waals surface area contributed by atoms with Gasteiger partial charge in [-0.25, -0.2) is 4.98 Å². The summed E-state index contributed by atoms with van der Waals surface area (Å²) in [4.78, 5) is 11.4. The number of fused-ring (bicyclic) bond motifs is 1. The predicted octanol–water partition coefficient (Wildman–Crippen LogP) is 2.68. The second-order valence-corrected chi connectivity index (χ2v) is 6.50. The van der Waals surface area contributed by atoms with E-state index in [9.17, 15) is 0 Å². The van der Waals surface area contributed by atoms with Crippen LogP contribution in [0.3, 0.4) is 0 Å². The molecular weight excluding hydrogens is 346 g/mol. The van der Waals surface area contributed by atoms with E-state index in [1.54, 1.807) is 18.4 Å². The Labute approximate surface area is 155 Å². The van der Waals surface area contributed by atoms with Gasteiger partial charge in [-0.3, -0.25) is 4.90 Å². The molecule has 5 rings (SSSR count). The van der Waals surface area contributed by atoms with Crippen molar-refractivity contribution in [1.29, 1.82) is 0 Å². The van der Waals surface area contributed by atoms with Crippen LogP contribution in [0.2, 0.25) is 0 Å². The van der Waals surface area contributed by atoms with Crippen LogP contribution in [-0.4, -0.2) is 57.4 Å². The molecule has 138 valence electrons. The van der Waals surface area contributed by atoms with Crippen LogP contribution in [0.25, 0.3) is 34.1 Å². The first kappa shape index (κ1) is 16.2. The second-order valence-electron chi connectivity index (χ2n) is 6.50. The third kappa shape index (κ3) is 3.24. The maximum atomic E-state index is 5.40. The van der Waals surface area contributed by atoms with Crippen LogP contribution >= 0.6 is 0 Å². The third-order valence-electron chi connectivity index (χ3n) is 4.80. The van der Waals surface area contributed by atoms with E-state index in [4.69, 9.17) is 13.7 Å². The molecule has 0 unspecified atom stereocenters. The maximum absolute atomic E-state index is 5.40. The molecule has 8 heteroatoms. The first-order valence-electron chi connectivity index (χ1n) is 9.00. The average Bonchev–Trinajstić information content (AvgIpc) is 3.47. The molecule has 0 saturated carbocycles. The molecule has 0 N–H and O–H groups in total. The summed E-state index contributed by atoms with van der Waals surface area (Å²) in [6.07, 6.45) is 3.47. The number of morpholine rings is 1. The van der Waals surface area contributed by atoms with Gasteiger partial charge in [-0.15, -0.1) is 0 Å². The van der Waals surface area contributed by atoms with Crippen molar-refractivity contribution < 1.29 is 13.7 Å². The minimum Gasteiger partial charge on any atom is -0.459 e. The number of ether oxygens (including phenoxy) is 1. The molecule has 27 heavy (non-hydrogen) atoms. The van der Waals surface area contributed by atoms with Gasteiger partial charge in [0.25, 0.3) is 5.89 Å². The Morgan fingerprint density at radius 1 is 1.07 bits per heavy atom. The minimum absolute atomic E-state index is 0.367. The Hall–Kier alpha value is -2.97. The smallest absolute Gasteiger partial charge is 0.293 e. The molecule has 1 saturated heterocycles. The fraction of sp³-hybridized carbons (Fsp3) is 0.316. The average molecular weight is 365 g/mol. The van der Waals surface area contributed by atoms with E-state index in [-0.39, 0.29) is 0 Å². The highest BCUT2D eigenvalue weighted by Crippen LogP contribution is 2.25. The van der Waals surface area contributed by atoms with Gasteiger partial charge in [0.05, 0.1) is 36.8 Å². The van der Waals surface area contributed by atoms with E-state index in [0.29, 0.717) is 17.5 Å². The lowest BCUT2D eigenvalue weighted by Crippen LogP contribution is -2.38. The summed E-state index contributed by atoms with van der Waals surface area (Å²) in [7, 11) is 0. The highest BCUT2D eigenvalue weighted by molar-refractivity contribution is 5.80. The van der Waals surface area contributed by atoms with Crippen LogP contribution in [0.4, 0.5) is 0 Å². The van der Waals surface area contributed by atoms with Gasteiger partial charge in [-0.1, -0.05) is 5.16 Å². The number of benzene rings is 1. The van der Waals surface area contributed by atoms with Crippen molar-refractivity contribution in [2.24, 2.45) is 0 Å². The number of rotatable bonds is 5. The topological polar surface area (TPSA) is 82.4 Å². The zero-order valence-corrected chi connectivity index (χ0v) is 14.7. The summed E-state index contributed by atoms with van der Waals surface area (Å²) in [6.45, 7) is 5.52. The van der Waals surface area contributed by atoms with Crippen LogP contribution in [-0.2, 0) is 11.3 Å². The first-order valence-corrected chi connectivity index (χ1v) is 9.00. The maximum Gasteiger partial charge on any atom is 0.293 e. The Morgan fingerprint density at radius 3 is 2.85 bits per heavy atom. The molecule has 4 aromatic rings. The molecular formula is C19H19N5O3. The summed E-state index contributed by atoms with van der Waals surface area (Å²) in [5.74, 6) is 1.44. The number of hydrogen-bond donors (Lipinski definition) is 0. The SMILES string of the molecule is c1coc(-c2nc(-c3ccc4c(c3)ncn4CCN3CCOCC3)no2)c1. The molecule has 0 atom stereocenters. The molecule has 1 fully saturated rings. The summed E-state index contributed by atoms with van der Waals surface area (Å²) < 4.78 is 18.2. The molecule has 0 radical (unpaired) electrons. The van der Waals surface area contributed by atoms with Gasteiger partial charge in [0, 0.05) is 31.7 Å². The summed E-state index contributed by atoms with van der Waals surface area (Å²) in [5.41, 5.74) is 2.88. The predicted molar refractivity (Wildman–Crippen MR) is 98.0 cm³/mol. The van der Waals surface area contributed by atoms with E-state index < -0.39 is 0 Å². The fourth-order valence-electron chi connectivity index (χ4n) is 3.30. The zero-order valence-electron chi connectivity index (χ0n) is 14.7. The van der Waals surface area contributed by atoms with Crippen molar-refractivity contribution in [1.82, 2.24) is 24.6 Å². The highest BCUT2D eigenvalue weighted by atomic mass is 16.5. The van der Waals surface area contributed by atoms with Crippen LogP contribution in [0, 0.1) is 0 Å². The van der Waals surface area contributed by atoms with E-state index in [2.05, 4.69) is 30.7 Å². The molecule has 3 aromatic heterocycles. The van der Waals surface area contributed by atoms with Crippen molar-refractivity contribution in [3.8, 4) is 23.0 Å². The Balaban J connectivity index is 1.35. The monoisotopic (exact) mass is 365 g/mol. The van der Waals surface area contributed by atoms with E-state index in [1.807, 2.05) is 18.5 Å². The second kappa shape index (κ2) is 6.98. The lowest BCUT2D eigenvalue weighted by atomic mass is 10.2. The molecule has 0 spiro atoms. The number of imidazole rings is 1. The highest BCUT2D eigenvalue weighted by Gasteiger charge is 2.15. The van der Waals surface area contributed by atoms with Crippen LogP contribution in [0.5, 0.6) is 0 Å². The lowest BCUT2D eigenvalue weighted by molar-refractivity contribution is 0.0365. The largest absolute Gasteiger partial charge is 0.459 e. The first-order chi connectivity index (χ1) is 13.4. The van der Waals surface area contributed by atoms with Crippen molar-refractivity contribution >= 4 is 11.0 Å². The molecule has 1 aliphatic rings. The van der Waals surface area contributed by atoms with Crippen LogP contribution in [0.1, 0.15) is 0 Å². The van der Waals surface area contributed by atoms with E-state index in [1.165, 1.54) is 0 Å². The zero-order chi connectivity index (χ0) is 18.1. The van der Waals surface area contributed by atoms with Gasteiger partial charge in [-0.05, 0) is 30.3 Å². The van der Waals surface area contributed by atoms with E-state index >= 15 is 0 Å². The van der Waals surface area contributed by atoms with Gasteiger partial charge < -0.3 is 18.2 Å². The molecule has 8 nitrogen and oxygen atoms in total. The van der Waals surface area contributed by atoms with Gasteiger partial charge in [0.2, 0.25) is 5.82 Å². The number of nitrogens with zero attached hydrogens (tertiary/aromatic N) is 5. The van der Waals surface area contributed by atoms with Crippen LogP contribution < -0.4 is 0 Å². The van der Waals surface area contributed by atoms with E-state index in [0.717, 1.165) is 56.0 Å². The summed E-state index contributed by atoms with van der Waals surface area (Å²) in [5, 5.41) is 4.05.